The van der Waals surface area contributed by atoms with Gasteiger partial charge in [-0.05, 0) is 5.56 Å². The van der Waals surface area contributed by atoms with Crippen molar-refractivity contribution in [2.75, 3.05) is 7.11 Å². The maximum atomic E-state index is 11.6. The van der Waals surface area contributed by atoms with Crippen molar-refractivity contribution >= 4 is 17.8 Å². The summed E-state index contributed by atoms with van der Waals surface area (Å²) in [4.78, 5) is 33.5. The smallest absolute Gasteiger partial charge is 0.328 e. The van der Waals surface area contributed by atoms with Gasteiger partial charge in [-0.15, -0.1) is 0 Å². The summed E-state index contributed by atoms with van der Waals surface area (Å²) < 4.78 is 4.63. The Balaban J connectivity index is 2.63. The van der Waals surface area contributed by atoms with Crippen molar-refractivity contribution in [1.82, 2.24) is 5.32 Å². The number of hydrogen-bond acceptors (Lipinski definition) is 4. The maximum Gasteiger partial charge on any atom is 0.328 e. The van der Waals surface area contributed by atoms with Crippen molar-refractivity contribution in [3.8, 4) is 0 Å². The molecule has 107 valence electrons. The maximum absolute atomic E-state index is 11.6. The van der Waals surface area contributed by atoms with E-state index < -0.39 is 30.3 Å². The highest BCUT2D eigenvalue weighted by Gasteiger charge is 2.22. The van der Waals surface area contributed by atoms with Gasteiger partial charge < -0.3 is 15.2 Å². The highest BCUT2D eigenvalue weighted by molar-refractivity contribution is 5.92. The fourth-order valence-electron chi connectivity index (χ4n) is 1.60. The molecule has 0 bridgehead atoms. The van der Waals surface area contributed by atoms with Crippen LogP contribution in [0.1, 0.15) is 12.0 Å². The molecule has 0 saturated heterocycles. The van der Waals surface area contributed by atoms with Crippen molar-refractivity contribution in [3.05, 3.63) is 42.3 Å². The summed E-state index contributed by atoms with van der Waals surface area (Å²) in [5.74, 6) is -2.30. The van der Waals surface area contributed by atoms with Crippen LogP contribution in [0.3, 0.4) is 0 Å². The number of nitrogens with one attached hydrogen (secondary N) is 1. The number of esters is 1. The minimum absolute atomic E-state index is 0.278. The number of methoxy groups -OCH3 is 1. The number of carboxylic acids is 1. The first-order valence-electron chi connectivity index (χ1n) is 6.00. The minimum atomic E-state index is -1.11. The lowest BCUT2D eigenvalue weighted by Gasteiger charge is -2.16. The van der Waals surface area contributed by atoms with Gasteiger partial charge in [0.05, 0.1) is 20.0 Å². The van der Waals surface area contributed by atoms with Crippen LogP contribution in [0.25, 0.3) is 0 Å². The average Bonchev–Trinajstić information content (AvgIpc) is 2.44. The van der Waals surface area contributed by atoms with Crippen LogP contribution in [0, 0.1) is 6.42 Å². The fourth-order valence-corrected chi connectivity index (χ4v) is 1.60. The van der Waals surface area contributed by atoms with Gasteiger partial charge in [-0.25, -0.2) is 4.79 Å². The van der Waals surface area contributed by atoms with Crippen LogP contribution in [0.4, 0.5) is 0 Å². The first kappa shape index (κ1) is 15.7. The van der Waals surface area contributed by atoms with E-state index in [0.717, 1.165) is 12.0 Å². The summed E-state index contributed by atoms with van der Waals surface area (Å²) in [6.07, 6.45) is 0.856. The van der Waals surface area contributed by atoms with Crippen LogP contribution in [0.15, 0.2) is 30.3 Å². The zero-order valence-electron chi connectivity index (χ0n) is 11.0. The second kappa shape index (κ2) is 7.93. The fraction of sp³-hybridized carbons (Fsp3) is 0.286. The molecular weight excluding hydrogens is 262 g/mol. The quantitative estimate of drug-likeness (QED) is 0.711. The van der Waals surface area contributed by atoms with Crippen LogP contribution in [0.2, 0.25) is 0 Å². The standard InChI is InChI=1S/C14H16NO5/c1-20-14(19)11(9-10-5-3-2-4-6-10)15-12(16)7-8-13(17)18/h2-7,11H,8-9H2,1H3,(H,15,16)(H,17,18)/t11-/m0/s1. The van der Waals surface area contributed by atoms with Gasteiger partial charge in [0.25, 0.3) is 0 Å². The molecule has 1 aromatic carbocycles. The molecular formula is C14H16NO5. The molecule has 1 radical (unpaired) electrons. The van der Waals surface area contributed by atoms with E-state index in [1.807, 2.05) is 30.3 Å². The van der Waals surface area contributed by atoms with E-state index in [9.17, 15) is 14.4 Å². The zero-order chi connectivity index (χ0) is 15.0. The molecule has 6 nitrogen and oxygen atoms in total. The van der Waals surface area contributed by atoms with E-state index in [0.29, 0.717) is 0 Å². The van der Waals surface area contributed by atoms with Gasteiger partial charge in [0.15, 0.2) is 0 Å². The van der Waals surface area contributed by atoms with Gasteiger partial charge in [0, 0.05) is 6.42 Å². The average molecular weight is 278 g/mol. The third-order valence-corrected chi connectivity index (χ3v) is 2.55. The van der Waals surface area contributed by atoms with Crippen molar-refractivity contribution in [3.63, 3.8) is 0 Å². The highest BCUT2D eigenvalue weighted by Crippen LogP contribution is 2.05. The van der Waals surface area contributed by atoms with E-state index >= 15 is 0 Å². The summed E-state index contributed by atoms with van der Waals surface area (Å²) in [5, 5.41) is 10.9. The summed E-state index contributed by atoms with van der Waals surface area (Å²) in [7, 11) is 1.23. The van der Waals surface area contributed by atoms with Crippen molar-refractivity contribution < 1.29 is 24.2 Å². The Morgan fingerprint density at radius 2 is 1.95 bits per heavy atom. The third-order valence-electron chi connectivity index (χ3n) is 2.55. The van der Waals surface area contributed by atoms with Crippen LogP contribution in [0.5, 0.6) is 0 Å². The second-order valence-corrected chi connectivity index (χ2v) is 4.08. The van der Waals surface area contributed by atoms with E-state index in [4.69, 9.17) is 5.11 Å². The molecule has 0 aromatic heterocycles. The molecule has 0 aliphatic carbocycles. The molecule has 1 amide bonds. The Kier molecular flexibility index (Phi) is 6.22. The molecule has 1 rings (SSSR count). The van der Waals surface area contributed by atoms with Gasteiger partial charge >= 0.3 is 11.9 Å². The van der Waals surface area contributed by atoms with Gasteiger partial charge in [0.2, 0.25) is 5.91 Å². The van der Waals surface area contributed by atoms with Crippen LogP contribution >= 0.6 is 0 Å². The van der Waals surface area contributed by atoms with Crippen molar-refractivity contribution in [2.45, 2.75) is 18.9 Å². The Hall–Kier alpha value is -2.37. The van der Waals surface area contributed by atoms with E-state index in [1.54, 1.807) is 0 Å². The normalized spacial score (nSPS) is 11.4. The molecule has 0 unspecified atom stereocenters. The van der Waals surface area contributed by atoms with E-state index in [2.05, 4.69) is 10.1 Å². The number of carbonyl (C=O) groups excluding carboxylic acids is 2. The molecule has 0 aliphatic heterocycles. The topological polar surface area (TPSA) is 92.7 Å². The lowest BCUT2D eigenvalue weighted by atomic mass is 10.1. The second-order valence-electron chi connectivity index (χ2n) is 4.08. The van der Waals surface area contributed by atoms with Gasteiger partial charge in [-0.3, -0.25) is 9.59 Å². The number of carbonyl (C=O) groups is 3. The number of amides is 1. The molecule has 20 heavy (non-hydrogen) atoms. The highest BCUT2D eigenvalue weighted by atomic mass is 16.5. The number of rotatable bonds is 7. The molecule has 0 saturated carbocycles. The number of hydrogen-bond donors (Lipinski definition) is 2. The summed E-state index contributed by atoms with van der Waals surface area (Å²) in [5.41, 5.74) is 0.862. The third kappa shape index (κ3) is 5.51. The molecule has 2 N–H and O–H groups in total. The summed E-state index contributed by atoms with van der Waals surface area (Å²) in [6.45, 7) is 0. The van der Waals surface area contributed by atoms with Gasteiger partial charge in [0.1, 0.15) is 6.04 Å². The van der Waals surface area contributed by atoms with Crippen molar-refractivity contribution in [1.29, 1.82) is 0 Å². The lowest BCUT2D eigenvalue weighted by molar-refractivity contribution is -0.144. The lowest BCUT2D eigenvalue weighted by Crippen LogP contribution is -2.43. The Labute approximate surface area is 116 Å². The van der Waals surface area contributed by atoms with E-state index in [1.165, 1.54) is 7.11 Å². The summed E-state index contributed by atoms with van der Waals surface area (Å²) in [6, 6.07) is 8.28. The monoisotopic (exact) mass is 278 g/mol. The summed E-state index contributed by atoms with van der Waals surface area (Å²) >= 11 is 0. The molecule has 0 fully saturated rings. The first-order chi connectivity index (χ1) is 9.52. The number of aliphatic carboxylic acids is 1. The molecule has 1 aromatic rings. The molecule has 6 heteroatoms. The Morgan fingerprint density at radius 1 is 1.30 bits per heavy atom. The largest absolute Gasteiger partial charge is 0.481 e. The number of carboxylic acid groups (broad SMARTS) is 1. The van der Waals surface area contributed by atoms with Gasteiger partial charge in [-0.1, -0.05) is 30.3 Å². The van der Waals surface area contributed by atoms with Crippen LogP contribution in [-0.4, -0.2) is 36.1 Å². The SMILES string of the molecule is COC(=O)[C@H](Cc1ccccc1)NC(=O)[CH]CC(=O)O. The van der Waals surface area contributed by atoms with Crippen molar-refractivity contribution in [2.24, 2.45) is 0 Å². The van der Waals surface area contributed by atoms with E-state index in [-0.39, 0.29) is 6.42 Å². The molecule has 1 atom stereocenters. The van der Waals surface area contributed by atoms with Crippen LogP contribution < -0.4 is 5.32 Å². The number of benzene rings is 1. The predicted molar refractivity (Wildman–Crippen MR) is 70.6 cm³/mol. The first-order valence-corrected chi connectivity index (χ1v) is 6.00. The predicted octanol–water partition coefficient (Wildman–Crippen LogP) is 0.566. The molecule has 0 aliphatic rings. The van der Waals surface area contributed by atoms with Gasteiger partial charge in [-0.2, -0.15) is 0 Å². The molecule has 0 spiro atoms. The molecule has 0 heterocycles. The Morgan fingerprint density at radius 3 is 2.50 bits per heavy atom. The Bertz CT molecular complexity index is 472. The zero-order valence-corrected chi connectivity index (χ0v) is 11.0. The minimum Gasteiger partial charge on any atom is -0.481 e. The number of ether oxygens (including phenoxy) is 1. The van der Waals surface area contributed by atoms with Crippen LogP contribution in [-0.2, 0) is 25.5 Å².